The van der Waals surface area contributed by atoms with Gasteiger partial charge in [-0.2, -0.15) is 0 Å². The number of amides is 1. The molecule has 0 aliphatic carbocycles. The van der Waals surface area contributed by atoms with Gasteiger partial charge in [-0.25, -0.2) is 9.59 Å². The van der Waals surface area contributed by atoms with Crippen LogP contribution in [0.4, 0.5) is 10.8 Å². The van der Waals surface area contributed by atoms with Crippen molar-refractivity contribution >= 4 is 51.6 Å². The highest BCUT2D eigenvalue weighted by Crippen LogP contribution is 2.35. The van der Waals surface area contributed by atoms with Gasteiger partial charge < -0.3 is 24.9 Å². The lowest BCUT2D eigenvalue weighted by Gasteiger charge is -2.06. The minimum Gasteiger partial charge on any atom is -0.465 e. The maximum atomic E-state index is 12.5. The van der Waals surface area contributed by atoms with E-state index in [1.807, 2.05) is 12.0 Å². The largest absolute Gasteiger partial charge is 0.465 e. The van der Waals surface area contributed by atoms with Crippen molar-refractivity contribution in [3.63, 3.8) is 0 Å². The van der Waals surface area contributed by atoms with E-state index in [-0.39, 0.29) is 27.6 Å². The summed E-state index contributed by atoms with van der Waals surface area (Å²) in [5.74, 6) is -2.98. The van der Waals surface area contributed by atoms with E-state index in [1.54, 1.807) is 0 Å². The van der Waals surface area contributed by atoms with Crippen molar-refractivity contribution in [2.75, 3.05) is 19.0 Å². The van der Waals surface area contributed by atoms with Gasteiger partial charge in [-0.15, -0.1) is 16.4 Å². The van der Waals surface area contributed by atoms with Gasteiger partial charge in [0.2, 0.25) is 0 Å². The molecule has 2 aromatic heterocycles. The number of thiophene rings is 1. The molecule has 0 aromatic carbocycles. The first-order valence-corrected chi connectivity index (χ1v) is 9.00. The summed E-state index contributed by atoms with van der Waals surface area (Å²) < 4.78 is 9.78. The maximum Gasteiger partial charge on any atom is 0.362 e. The summed E-state index contributed by atoms with van der Waals surface area (Å²) in [7, 11) is 1.18. The predicted octanol–water partition coefficient (Wildman–Crippen LogP) is 2.95. The number of methoxy groups -OCH3 is 1. The Bertz CT molecular complexity index is 953. The van der Waals surface area contributed by atoms with Crippen LogP contribution in [0.3, 0.4) is 0 Å². The number of aromatic amines is 1. The number of nitrogens with zero attached hydrogens (tertiary/aromatic N) is 2. The van der Waals surface area contributed by atoms with Crippen LogP contribution in [-0.2, 0) is 9.47 Å². The molecule has 1 amide bonds. The van der Waals surface area contributed by atoms with Gasteiger partial charge in [0.05, 0.1) is 19.3 Å². The number of aromatic nitrogens is 2. The van der Waals surface area contributed by atoms with E-state index < -0.39 is 39.3 Å². The Labute approximate surface area is 167 Å². The van der Waals surface area contributed by atoms with Crippen molar-refractivity contribution in [3.8, 4) is 0 Å². The number of hydrogen-bond acceptors (Lipinski definition) is 9. The lowest BCUT2D eigenvalue weighted by molar-refractivity contribution is -0.389. The first-order valence-electron chi connectivity index (χ1n) is 7.81. The first-order chi connectivity index (χ1) is 13.2. The van der Waals surface area contributed by atoms with Gasteiger partial charge in [0.15, 0.2) is 10.7 Å². The van der Waals surface area contributed by atoms with Gasteiger partial charge in [0.25, 0.3) is 5.91 Å². The number of rotatable bonds is 7. The van der Waals surface area contributed by atoms with Crippen LogP contribution in [0.2, 0.25) is 5.02 Å². The molecule has 2 aromatic rings. The van der Waals surface area contributed by atoms with Crippen LogP contribution < -0.4 is 5.32 Å². The summed E-state index contributed by atoms with van der Waals surface area (Å²) in [6.45, 7) is 3.46. The summed E-state index contributed by atoms with van der Waals surface area (Å²) in [6.07, 6.45) is 0.576. The third kappa shape index (κ3) is 4.12. The van der Waals surface area contributed by atoms with Crippen molar-refractivity contribution < 1.29 is 28.8 Å². The second-order valence-corrected chi connectivity index (χ2v) is 6.73. The highest BCUT2D eigenvalue weighted by atomic mass is 35.5. The Kier molecular flexibility index (Phi) is 6.70. The van der Waals surface area contributed by atoms with Gasteiger partial charge in [0.1, 0.15) is 9.88 Å². The average molecular weight is 431 g/mol. The number of nitrogens with one attached hydrogen (secondary N) is 2. The number of anilines is 1. The van der Waals surface area contributed by atoms with Crippen LogP contribution in [0.15, 0.2) is 0 Å². The molecule has 150 valence electrons. The molecule has 0 unspecified atom stereocenters. The molecule has 11 nitrogen and oxygen atoms in total. The molecule has 0 aliphatic rings. The summed E-state index contributed by atoms with van der Waals surface area (Å²) in [5.41, 5.74) is -0.187. The van der Waals surface area contributed by atoms with Crippen LogP contribution in [-0.4, -0.2) is 46.7 Å². The molecule has 2 N–H and O–H groups in total. The second kappa shape index (κ2) is 8.80. The number of nitro groups is 1. The molecule has 2 rings (SSSR count). The van der Waals surface area contributed by atoms with E-state index >= 15 is 0 Å². The van der Waals surface area contributed by atoms with E-state index in [4.69, 9.17) is 16.3 Å². The van der Waals surface area contributed by atoms with Crippen LogP contribution in [0, 0.1) is 17.0 Å². The van der Waals surface area contributed by atoms with E-state index in [9.17, 15) is 24.5 Å². The third-order valence-corrected chi connectivity index (χ3v) is 5.02. The van der Waals surface area contributed by atoms with Gasteiger partial charge in [-0.3, -0.25) is 4.79 Å². The summed E-state index contributed by atoms with van der Waals surface area (Å²) in [5, 5.41) is 18.3. The molecule has 0 atom stereocenters. The zero-order valence-corrected chi connectivity index (χ0v) is 16.5. The Morgan fingerprint density at radius 2 is 2.04 bits per heavy atom. The van der Waals surface area contributed by atoms with Crippen LogP contribution in [0.1, 0.15) is 49.4 Å². The lowest BCUT2D eigenvalue weighted by atomic mass is 10.1. The fourth-order valence-corrected chi connectivity index (χ4v) is 3.50. The number of carbonyl (C=O) groups excluding carboxylic acids is 3. The normalized spacial score (nSPS) is 10.4. The van der Waals surface area contributed by atoms with Crippen molar-refractivity contribution in [1.29, 1.82) is 0 Å². The smallest absolute Gasteiger partial charge is 0.362 e. The molecule has 28 heavy (non-hydrogen) atoms. The predicted molar refractivity (Wildman–Crippen MR) is 99.2 cm³/mol. The van der Waals surface area contributed by atoms with E-state index in [0.29, 0.717) is 6.42 Å². The Morgan fingerprint density at radius 1 is 1.36 bits per heavy atom. The monoisotopic (exact) mass is 430 g/mol. The molecule has 0 spiro atoms. The third-order valence-electron chi connectivity index (χ3n) is 3.47. The quantitative estimate of drug-likeness (QED) is 0.386. The van der Waals surface area contributed by atoms with Crippen molar-refractivity contribution in [2.24, 2.45) is 0 Å². The van der Waals surface area contributed by atoms with Gasteiger partial charge in [0, 0.05) is 0 Å². The number of hydrogen-bond donors (Lipinski definition) is 2. The minimum atomic E-state index is -0.906. The molecular formula is C15H15ClN4O7S. The zero-order chi connectivity index (χ0) is 21.0. The minimum absolute atomic E-state index is 0.00530. The van der Waals surface area contributed by atoms with E-state index in [2.05, 4.69) is 15.2 Å². The molecule has 2 heterocycles. The highest BCUT2D eigenvalue weighted by molar-refractivity contribution is 7.18. The number of carbonyl (C=O) groups is 3. The van der Waals surface area contributed by atoms with Crippen molar-refractivity contribution in [2.45, 2.75) is 20.3 Å². The van der Waals surface area contributed by atoms with Crippen LogP contribution in [0.5, 0.6) is 0 Å². The Balaban J connectivity index is 2.43. The molecule has 0 saturated carbocycles. The summed E-state index contributed by atoms with van der Waals surface area (Å²) in [4.78, 5) is 46.9. The first kappa shape index (κ1) is 21.3. The standard InChI is InChI=1S/C15H15ClN4O7S/c1-4-5-27-14(22)7-6(2)10(15(23)26-3)28-13(7)17-12(21)9-8(16)11(19-18-9)20(24)25/h4-5H2,1-3H3,(H,17,21)(H,18,19). The van der Waals surface area contributed by atoms with Crippen LogP contribution in [0.25, 0.3) is 0 Å². The lowest BCUT2D eigenvalue weighted by Crippen LogP contribution is -2.16. The Morgan fingerprint density at radius 3 is 2.57 bits per heavy atom. The molecule has 13 heteroatoms. The van der Waals surface area contributed by atoms with E-state index in [0.717, 1.165) is 11.3 Å². The summed E-state index contributed by atoms with van der Waals surface area (Å²) in [6, 6.07) is 0. The number of esters is 2. The fourth-order valence-electron chi connectivity index (χ4n) is 2.15. The van der Waals surface area contributed by atoms with E-state index in [1.165, 1.54) is 14.0 Å². The topological polar surface area (TPSA) is 154 Å². The Hall–Kier alpha value is -2.99. The van der Waals surface area contributed by atoms with Crippen molar-refractivity contribution in [1.82, 2.24) is 10.2 Å². The van der Waals surface area contributed by atoms with Crippen molar-refractivity contribution in [3.05, 3.63) is 36.8 Å². The highest BCUT2D eigenvalue weighted by Gasteiger charge is 2.30. The number of ether oxygens (including phenoxy) is 2. The molecule has 0 radical (unpaired) electrons. The van der Waals surface area contributed by atoms with Gasteiger partial charge >= 0.3 is 17.8 Å². The number of halogens is 1. The average Bonchev–Trinajstić information content (AvgIpc) is 3.19. The molecule has 0 bridgehead atoms. The van der Waals surface area contributed by atoms with Gasteiger partial charge in [-0.05, 0) is 23.8 Å². The zero-order valence-electron chi connectivity index (χ0n) is 15.0. The second-order valence-electron chi connectivity index (χ2n) is 5.33. The SMILES string of the molecule is CCCOC(=O)c1c(NC(=O)c2n[nH]c([N+](=O)[O-])c2Cl)sc(C(=O)OC)c1C. The molecular weight excluding hydrogens is 416 g/mol. The van der Waals surface area contributed by atoms with Crippen LogP contribution >= 0.6 is 22.9 Å². The fraction of sp³-hybridized carbons (Fsp3) is 0.333. The maximum absolute atomic E-state index is 12.5. The molecule has 0 saturated heterocycles. The number of H-pyrrole nitrogens is 1. The molecule has 0 aliphatic heterocycles. The van der Waals surface area contributed by atoms with Gasteiger partial charge in [-0.1, -0.05) is 23.6 Å². The summed E-state index contributed by atoms with van der Waals surface area (Å²) >= 11 is 6.60. The molecule has 0 fully saturated rings.